The molecule has 124 valence electrons. The molecule has 0 saturated carbocycles. The first-order valence-electron chi connectivity index (χ1n) is 7.30. The molecule has 2 rings (SSSR count). The van der Waals surface area contributed by atoms with Crippen molar-refractivity contribution in [1.29, 1.82) is 0 Å². The first kappa shape index (κ1) is 16.9. The molecule has 0 saturated heterocycles. The topological polar surface area (TPSA) is 65.0 Å². The van der Waals surface area contributed by atoms with Crippen LogP contribution < -0.4 is 14.2 Å². The van der Waals surface area contributed by atoms with Crippen molar-refractivity contribution >= 4 is 16.7 Å². The number of benzene rings is 2. The number of ether oxygens (including phenoxy) is 3. The molecule has 5 heteroatoms. The Morgan fingerprint density at radius 1 is 1.00 bits per heavy atom. The van der Waals surface area contributed by atoms with Gasteiger partial charge < -0.3 is 19.3 Å². The van der Waals surface area contributed by atoms with Crippen LogP contribution >= 0.6 is 0 Å². The molecule has 0 spiro atoms. The van der Waals surface area contributed by atoms with Gasteiger partial charge in [-0.25, -0.2) is 0 Å². The molecule has 0 bridgehead atoms. The van der Waals surface area contributed by atoms with Crippen LogP contribution in [0.15, 0.2) is 18.2 Å². The second-order valence-corrected chi connectivity index (χ2v) is 6.43. The average molecular weight is 318 g/mol. The molecule has 0 aliphatic heterocycles. The fourth-order valence-electron chi connectivity index (χ4n) is 2.23. The number of phenolic OH excluding ortho intramolecular Hbond substituents is 1. The zero-order valence-electron chi connectivity index (χ0n) is 14.3. The molecule has 0 aliphatic carbocycles. The Kier molecular flexibility index (Phi) is 4.41. The number of hydrogen-bond donors (Lipinski definition) is 1. The van der Waals surface area contributed by atoms with Crippen molar-refractivity contribution in [2.45, 2.75) is 27.7 Å². The van der Waals surface area contributed by atoms with E-state index in [9.17, 15) is 9.90 Å². The molecule has 5 nitrogen and oxygen atoms in total. The standard InChI is InChI=1S/C18H22O5/c1-10-7-8-11-12(9-10)14(23-17(20)18(2,3)4)16(22-6)15(21-5)13(11)19/h7-9,19H,1-6H3. The van der Waals surface area contributed by atoms with E-state index in [1.807, 2.05) is 19.1 Å². The summed E-state index contributed by atoms with van der Waals surface area (Å²) in [4.78, 5) is 12.3. The minimum atomic E-state index is -0.674. The van der Waals surface area contributed by atoms with Gasteiger partial charge in [-0.05, 0) is 33.8 Å². The number of rotatable bonds is 3. The van der Waals surface area contributed by atoms with E-state index in [1.54, 1.807) is 26.8 Å². The summed E-state index contributed by atoms with van der Waals surface area (Å²) < 4.78 is 16.2. The van der Waals surface area contributed by atoms with Crippen molar-refractivity contribution in [3.05, 3.63) is 23.8 Å². The fraction of sp³-hybridized carbons (Fsp3) is 0.389. The van der Waals surface area contributed by atoms with Gasteiger partial charge in [0.2, 0.25) is 11.5 Å². The molecule has 0 unspecified atom stereocenters. The lowest BCUT2D eigenvalue weighted by Crippen LogP contribution is -2.25. The SMILES string of the molecule is COc1c(OC)c(OC(=O)C(C)(C)C)c2cc(C)ccc2c1O. The monoisotopic (exact) mass is 318 g/mol. The Bertz CT molecular complexity index is 756. The van der Waals surface area contributed by atoms with Crippen molar-refractivity contribution < 1.29 is 24.1 Å². The zero-order chi connectivity index (χ0) is 17.4. The molecule has 0 fully saturated rings. The van der Waals surface area contributed by atoms with Gasteiger partial charge in [0.05, 0.1) is 19.6 Å². The predicted octanol–water partition coefficient (Wildman–Crippen LogP) is 3.82. The summed E-state index contributed by atoms with van der Waals surface area (Å²) in [6.07, 6.45) is 0. The van der Waals surface area contributed by atoms with E-state index in [1.165, 1.54) is 14.2 Å². The van der Waals surface area contributed by atoms with Gasteiger partial charge in [-0.1, -0.05) is 17.7 Å². The van der Waals surface area contributed by atoms with Gasteiger partial charge in [-0.3, -0.25) is 4.79 Å². The van der Waals surface area contributed by atoms with Crippen LogP contribution in [0.5, 0.6) is 23.0 Å². The number of carbonyl (C=O) groups is 1. The number of phenols is 1. The molecule has 2 aromatic rings. The van der Waals surface area contributed by atoms with Gasteiger partial charge in [0.15, 0.2) is 11.5 Å². The molecule has 0 radical (unpaired) electrons. The van der Waals surface area contributed by atoms with Crippen molar-refractivity contribution in [2.75, 3.05) is 14.2 Å². The molecule has 2 aromatic carbocycles. The minimum absolute atomic E-state index is 0.0464. The number of methoxy groups -OCH3 is 2. The number of esters is 1. The second-order valence-electron chi connectivity index (χ2n) is 6.43. The maximum Gasteiger partial charge on any atom is 0.316 e. The molecular formula is C18H22O5. The third-order valence-electron chi connectivity index (χ3n) is 3.52. The molecule has 0 aliphatic rings. The maximum absolute atomic E-state index is 12.3. The Hall–Kier alpha value is -2.43. The van der Waals surface area contributed by atoms with E-state index >= 15 is 0 Å². The van der Waals surface area contributed by atoms with Crippen molar-refractivity contribution in [1.82, 2.24) is 0 Å². The van der Waals surface area contributed by atoms with E-state index in [-0.39, 0.29) is 23.0 Å². The predicted molar refractivity (Wildman–Crippen MR) is 88.5 cm³/mol. The van der Waals surface area contributed by atoms with Crippen LogP contribution in [-0.4, -0.2) is 25.3 Å². The van der Waals surface area contributed by atoms with Crippen LogP contribution in [-0.2, 0) is 4.79 Å². The zero-order valence-corrected chi connectivity index (χ0v) is 14.3. The lowest BCUT2D eigenvalue weighted by molar-refractivity contribution is -0.143. The van der Waals surface area contributed by atoms with E-state index < -0.39 is 11.4 Å². The summed E-state index contributed by atoms with van der Waals surface area (Å²) in [6, 6.07) is 5.46. The largest absolute Gasteiger partial charge is 0.504 e. The Balaban J connectivity index is 2.80. The van der Waals surface area contributed by atoms with Gasteiger partial charge in [-0.2, -0.15) is 0 Å². The third kappa shape index (κ3) is 3.04. The van der Waals surface area contributed by atoms with E-state index in [0.29, 0.717) is 10.8 Å². The van der Waals surface area contributed by atoms with Gasteiger partial charge in [0, 0.05) is 10.8 Å². The highest BCUT2D eigenvalue weighted by Crippen LogP contribution is 2.50. The molecule has 0 amide bonds. The smallest absolute Gasteiger partial charge is 0.316 e. The van der Waals surface area contributed by atoms with Crippen LogP contribution in [0.1, 0.15) is 26.3 Å². The number of aryl methyl sites for hydroxylation is 1. The lowest BCUT2D eigenvalue weighted by atomic mass is 9.97. The summed E-state index contributed by atoms with van der Waals surface area (Å²) in [5, 5.41) is 11.6. The van der Waals surface area contributed by atoms with Gasteiger partial charge in [0.1, 0.15) is 0 Å². The highest BCUT2D eigenvalue weighted by molar-refractivity contribution is 6.00. The number of carbonyl (C=O) groups excluding carboxylic acids is 1. The number of fused-ring (bicyclic) bond motifs is 1. The first-order chi connectivity index (χ1) is 10.7. The normalized spacial score (nSPS) is 11.4. The summed E-state index contributed by atoms with van der Waals surface area (Å²) in [5.41, 5.74) is 0.295. The fourth-order valence-corrected chi connectivity index (χ4v) is 2.23. The summed E-state index contributed by atoms with van der Waals surface area (Å²) in [7, 11) is 2.86. The molecule has 0 aromatic heterocycles. The van der Waals surface area contributed by atoms with Crippen LogP contribution in [0.2, 0.25) is 0 Å². The third-order valence-corrected chi connectivity index (χ3v) is 3.52. The van der Waals surface area contributed by atoms with Crippen LogP contribution in [0, 0.1) is 12.3 Å². The molecular weight excluding hydrogens is 296 g/mol. The van der Waals surface area contributed by atoms with Crippen molar-refractivity contribution in [3.63, 3.8) is 0 Å². The summed E-state index contributed by atoms with van der Waals surface area (Å²) in [5.74, 6) is 0.142. The van der Waals surface area contributed by atoms with Gasteiger partial charge >= 0.3 is 5.97 Å². The first-order valence-corrected chi connectivity index (χ1v) is 7.30. The number of hydrogen-bond acceptors (Lipinski definition) is 5. The van der Waals surface area contributed by atoms with Crippen LogP contribution in [0.3, 0.4) is 0 Å². The molecule has 1 N–H and O–H groups in total. The van der Waals surface area contributed by atoms with E-state index in [2.05, 4.69) is 0 Å². The summed E-state index contributed by atoms with van der Waals surface area (Å²) in [6.45, 7) is 7.23. The quantitative estimate of drug-likeness (QED) is 0.688. The maximum atomic E-state index is 12.3. The minimum Gasteiger partial charge on any atom is -0.504 e. The highest BCUT2D eigenvalue weighted by atomic mass is 16.6. The summed E-state index contributed by atoms with van der Waals surface area (Å²) >= 11 is 0. The van der Waals surface area contributed by atoms with Crippen molar-refractivity contribution in [2.24, 2.45) is 5.41 Å². The Morgan fingerprint density at radius 3 is 2.13 bits per heavy atom. The number of aromatic hydroxyl groups is 1. The Labute approximate surface area is 135 Å². The van der Waals surface area contributed by atoms with Gasteiger partial charge in [-0.15, -0.1) is 0 Å². The Morgan fingerprint density at radius 2 is 1.61 bits per heavy atom. The van der Waals surface area contributed by atoms with E-state index in [0.717, 1.165) is 5.56 Å². The molecule has 23 heavy (non-hydrogen) atoms. The van der Waals surface area contributed by atoms with Crippen LogP contribution in [0.25, 0.3) is 10.8 Å². The molecule has 0 heterocycles. The van der Waals surface area contributed by atoms with Gasteiger partial charge in [0.25, 0.3) is 0 Å². The second kappa shape index (κ2) is 5.99. The van der Waals surface area contributed by atoms with E-state index in [4.69, 9.17) is 14.2 Å². The molecule has 0 atom stereocenters. The average Bonchev–Trinajstić information content (AvgIpc) is 2.48. The van der Waals surface area contributed by atoms with Crippen molar-refractivity contribution in [3.8, 4) is 23.0 Å². The highest BCUT2D eigenvalue weighted by Gasteiger charge is 2.29. The lowest BCUT2D eigenvalue weighted by Gasteiger charge is -2.21. The van der Waals surface area contributed by atoms with Crippen LogP contribution in [0.4, 0.5) is 0 Å².